The molecule has 3 heterocycles. The third kappa shape index (κ3) is 3.77. The molecule has 37 heavy (non-hydrogen) atoms. The quantitative estimate of drug-likeness (QED) is 0.243. The lowest BCUT2D eigenvalue weighted by Gasteiger charge is -2.20. The normalized spacial score (nSPS) is 12.7. The smallest absolute Gasteiger partial charge is 0.0796 e. The standard InChI is InChI=1S/C34H28N2S/c1-21(2)18-24-14-16-36-34-27(24)12-13-29-32(34)31-30(37-29)15-17-35-33(31)25-19-23-10-6-7-11-26(23)28(20-25)22-8-4-3-5-9-22/h3-11,14-17,19-21H,12-13,18H2,1-2H3. The lowest BCUT2D eigenvalue weighted by molar-refractivity contribution is 0.641. The van der Waals surface area contributed by atoms with E-state index < -0.39 is 0 Å². The van der Waals surface area contributed by atoms with Gasteiger partial charge in [-0.1, -0.05) is 68.4 Å². The summed E-state index contributed by atoms with van der Waals surface area (Å²) in [6.45, 7) is 4.60. The molecule has 0 N–H and O–H groups in total. The van der Waals surface area contributed by atoms with E-state index in [0.29, 0.717) is 5.92 Å². The van der Waals surface area contributed by atoms with Gasteiger partial charge >= 0.3 is 0 Å². The first-order valence-corrected chi connectivity index (χ1v) is 13.9. The second-order valence-corrected chi connectivity index (χ2v) is 11.6. The molecule has 3 heteroatoms. The Morgan fingerprint density at radius 3 is 2.43 bits per heavy atom. The maximum absolute atomic E-state index is 5.02. The fraction of sp³-hybridized carbons (Fsp3) is 0.176. The van der Waals surface area contributed by atoms with Crippen LogP contribution in [0.5, 0.6) is 0 Å². The Morgan fingerprint density at radius 1 is 0.784 bits per heavy atom. The lowest BCUT2D eigenvalue weighted by Crippen LogP contribution is -2.09. The van der Waals surface area contributed by atoms with E-state index in [1.54, 1.807) is 0 Å². The van der Waals surface area contributed by atoms with Gasteiger partial charge in [-0.2, -0.15) is 0 Å². The predicted molar refractivity (Wildman–Crippen MR) is 157 cm³/mol. The SMILES string of the molecule is CC(C)Cc1ccnc2c1CCc1sc3ccnc(-c4cc(-c5ccccc5)c5ccccc5c4)c3c1-2. The Hall–Kier alpha value is -3.82. The zero-order valence-corrected chi connectivity index (χ0v) is 22.0. The van der Waals surface area contributed by atoms with E-state index in [9.17, 15) is 0 Å². The van der Waals surface area contributed by atoms with Crippen molar-refractivity contribution in [3.05, 3.63) is 107 Å². The number of pyridine rings is 2. The summed E-state index contributed by atoms with van der Waals surface area (Å²) in [7, 11) is 0. The molecule has 6 aromatic rings. The zero-order chi connectivity index (χ0) is 24.9. The Kier molecular flexibility index (Phi) is 5.40. The molecule has 7 rings (SSSR count). The number of hydrogen-bond acceptors (Lipinski definition) is 3. The minimum absolute atomic E-state index is 0.623. The molecule has 0 bridgehead atoms. The van der Waals surface area contributed by atoms with Crippen molar-refractivity contribution >= 4 is 32.2 Å². The Morgan fingerprint density at radius 2 is 1.57 bits per heavy atom. The van der Waals surface area contributed by atoms with Crippen LogP contribution < -0.4 is 0 Å². The fourth-order valence-electron chi connectivity index (χ4n) is 5.94. The van der Waals surface area contributed by atoms with Gasteiger partial charge in [0.2, 0.25) is 0 Å². The van der Waals surface area contributed by atoms with Crippen LogP contribution in [0.2, 0.25) is 0 Å². The molecule has 3 aromatic heterocycles. The number of thiophene rings is 1. The van der Waals surface area contributed by atoms with Crippen molar-refractivity contribution in [3.63, 3.8) is 0 Å². The van der Waals surface area contributed by atoms with E-state index in [1.807, 2.05) is 23.7 Å². The molecule has 0 aliphatic heterocycles. The highest BCUT2D eigenvalue weighted by Gasteiger charge is 2.27. The van der Waals surface area contributed by atoms with Crippen molar-refractivity contribution < 1.29 is 0 Å². The number of fused-ring (bicyclic) bond motifs is 6. The summed E-state index contributed by atoms with van der Waals surface area (Å²) in [5, 5.41) is 3.76. The summed E-state index contributed by atoms with van der Waals surface area (Å²) >= 11 is 1.92. The molecule has 0 fully saturated rings. The molecular weight excluding hydrogens is 468 g/mol. The summed E-state index contributed by atoms with van der Waals surface area (Å²) in [5.74, 6) is 0.623. The molecule has 1 aliphatic rings. The highest BCUT2D eigenvalue weighted by molar-refractivity contribution is 7.19. The number of benzene rings is 3. The second-order valence-electron chi connectivity index (χ2n) is 10.4. The molecule has 180 valence electrons. The van der Waals surface area contributed by atoms with Gasteiger partial charge in [0.05, 0.1) is 11.4 Å². The van der Waals surface area contributed by atoms with E-state index in [4.69, 9.17) is 9.97 Å². The minimum Gasteiger partial charge on any atom is -0.256 e. The third-order valence-electron chi connectivity index (χ3n) is 7.51. The third-order valence-corrected chi connectivity index (χ3v) is 8.73. The van der Waals surface area contributed by atoms with Crippen LogP contribution in [0.15, 0.2) is 91.3 Å². The van der Waals surface area contributed by atoms with Gasteiger partial charge in [0.25, 0.3) is 0 Å². The van der Waals surface area contributed by atoms with Crippen LogP contribution in [0.3, 0.4) is 0 Å². The Balaban J connectivity index is 1.50. The van der Waals surface area contributed by atoms with Crippen molar-refractivity contribution in [2.75, 3.05) is 0 Å². The van der Waals surface area contributed by atoms with Crippen LogP contribution in [0.4, 0.5) is 0 Å². The van der Waals surface area contributed by atoms with Crippen molar-refractivity contribution in [2.45, 2.75) is 33.1 Å². The summed E-state index contributed by atoms with van der Waals surface area (Å²) < 4.78 is 1.30. The molecular formula is C34H28N2S. The maximum atomic E-state index is 5.02. The zero-order valence-electron chi connectivity index (χ0n) is 21.2. The average molecular weight is 497 g/mol. The first kappa shape index (κ1) is 22.4. The molecule has 2 nitrogen and oxygen atoms in total. The number of aromatic nitrogens is 2. The van der Waals surface area contributed by atoms with Gasteiger partial charge in [0.1, 0.15) is 0 Å². The van der Waals surface area contributed by atoms with Gasteiger partial charge in [-0.15, -0.1) is 11.3 Å². The average Bonchev–Trinajstić information content (AvgIpc) is 3.32. The molecule has 0 spiro atoms. The largest absolute Gasteiger partial charge is 0.256 e. The summed E-state index contributed by atoms with van der Waals surface area (Å²) in [4.78, 5) is 11.4. The number of aryl methyl sites for hydroxylation is 1. The van der Waals surface area contributed by atoms with E-state index in [0.717, 1.165) is 30.5 Å². The van der Waals surface area contributed by atoms with Gasteiger partial charge in [-0.3, -0.25) is 9.97 Å². The Bertz CT molecular complexity index is 1780. The number of hydrogen-bond donors (Lipinski definition) is 0. The van der Waals surface area contributed by atoms with Crippen LogP contribution in [0, 0.1) is 5.92 Å². The number of rotatable bonds is 4. The summed E-state index contributed by atoms with van der Waals surface area (Å²) in [5.41, 5.74) is 10.1. The Labute approximate surface area is 221 Å². The molecule has 0 amide bonds. The topological polar surface area (TPSA) is 25.8 Å². The highest BCUT2D eigenvalue weighted by atomic mass is 32.1. The van der Waals surface area contributed by atoms with Crippen LogP contribution in [0.25, 0.3) is 54.5 Å². The van der Waals surface area contributed by atoms with Gasteiger partial charge in [0, 0.05) is 38.5 Å². The van der Waals surface area contributed by atoms with Gasteiger partial charge < -0.3 is 0 Å². The van der Waals surface area contributed by atoms with Crippen LogP contribution in [-0.2, 0) is 19.3 Å². The van der Waals surface area contributed by atoms with E-state index >= 15 is 0 Å². The van der Waals surface area contributed by atoms with E-state index in [1.165, 1.54) is 59.2 Å². The van der Waals surface area contributed by atoms with Gasteiger partial charge in [-0.05, 0) is 82.5 Å². The highest BCUT2D eigenvalue weighted by Crippen LogP contribution is 2.47. The molecule has 0 atom stereocenters. The first-order chi connectivity index (χ1) is 18.2. The molecule has 0 radical (unpaired) electrons. The lowest BCUT2D eigenvalue weighted by atomic mass is 9.86. The predicted octanol–water partition coefficient (Wildman–Crippen LogP) is 9.14. The van der Waals surface area contributed by atoms with Gasteiger partial charge in [-0.25, -0.2) is 0 Å². The van der Waals surface area contributed by atoms with Crippen molar-refractivity contribution in [2.24, 2.45) is 5.92 Å². The molecule has 0 saturated carbocycles. The molecule has 3 aromatic carbocycles. The van der Waals surface area contributed by atoms with E-state index in [-0.39, 0.29) is 0 Å². The minimum atomic E-state index is 0.623. The van der Waals surface area contributed by atoms with Crippen LogP contribution in [0.1, 0.15) is 29.9 Å². The summed E-state index contributed by atoms with van der Waals surface area (Å²) in [6.07, 6.45) is 7.22. The molecule has 0 saturated heterocycles. The molecule has 0 unspecified atom stereocenters. The fourth-order valence-corrected chi connectivity index (χ4v) is 7.14. The number of nitrogens with zero attached hydrogens (tertiary/aromatic N) is 2. The molecule has 1 aliphatic carbocycles. The summed E-state index contributed by atoms with van der Waals surface area (Å²) in [6, 6.07) is 28.4. The van der Waals surface area contributed by atoms with Crippen LogP contribution >= 0.6 is 11.3 Å². The van der Waals surface area contributed by atoms with Crippen molar-refractivity contribution in [3.8, 4) is 33.6 Å². The second kappa shape index (κ2) is 8.93. The van der Waals surface area contributed by atoms with Crippen LogP contribution in [-0.4, -0.2) is 9.97 Å². The van der Waals surface area contributed by atoms with Crippen molar-refractivity contribution in [1.82, 2.24) is 9.97 Å². The maximum Gasteiger partial charge on any atom is 0.0796 e. The first-order valence-electron chi connectivity index (χ1n) is 13.1. The van der Waals surface area contributed by atoms with Gasteiger partial charge in [0.15, 0.2) is 0 Å². The van der Waals surface area contributed by atoms with Crippen molar-refractivity contribution in [1.29, 1.82) is 0 Å². The van der Waals surface area contributed by atoms with E-state index in [2.05, 4.69) is 92.7 Å². The monoisotopic (exact) mass is 496 g/mol.